The molecular formula is C23H23BrN6O3. The number of pyridine rings is 1. The van der Waals surface area contributed by atoms with Gasteiger partial charge < -0.3 is 9.47 Å². The number of hydrogen-bond acceptors (Lipinski definition) is 7. The lowest BCUT2D eigenvalue weighted by atomic mass is 10.1. The first-order valence-corrected chi connectivity index (χ1v) is 10.8. The van der Waals surface area contributed by atoms with Crippen molar-refractivity contribution < 1.29 is 14.3 Å². The molecule has 170 valence electrons. The van der Waals surface area contributed by atoms with Crippen LogP contribution in [0.3, 0.4) is 0 Å². The second-order valence-corrected chi connectivity index (χ2v) is 7.92. The Morgan fingerprint density at radius 3 is 2.67 bits per heavy atom. The molecule has 0 fully saturated rings. The number of ether oxygens (including phenoxy) is 2. The van der Waals surface area contributed by atoms with Crippen molar-refractivity contribution in [2.75, 3.05) is 13.7 Å². The molecule has 0 aliphatic rings. The zero-order chi connectivity index (χ0) is 24.0. The van der Waals surface area contributed by atoms with Gasteiger partial charge in [-0.25, -0.2) is 15.1 Å². The monoisotopic (exact) mass is 510 g/mol. The van der Waals surface area contributed by atoms with Crippen molar-refractivity contribution >= 4 is 28.1 Å². The first-order valence-electron chi connectivity index (χ1n) is 10.0. The third-order valence-electron chi connectivity index (χ3n) is 4.84. The number of nitrogens with one attached hydrogen (secondary N) is 1. The second kappa shape index (κ2) is 10.8. The van der Waals surface area contributed by atoms with E-state index in [1.54, 1.807) is 13.1 Å². The van der Waals surface area contributed by atoms with Crippen LogP contribution in [0, 0.1) is 32.1 Å². The van der Waals surface area contributed by atoms with E-state index in [2.05, 4.69) is 42.6 Å². The molecule has 1 N–H and O–H groups in total. The van der Waals surface area contributed by atoms with Crippen LogP contribution in [-0.4, -0.2) is 40.6 Å². The van der Waals surface area contributed by atoms with Crippen molar-refractivity contribution in [2.45, 2.75) is 27.4 Å². The quantitative estimate of drug-likeness (QED) is 0.366. The van der Waals surface area contributed by atoms with E-state index in [0.29, 0.717) is 15.7 Å². The summed E-state index contributed by atoms with van der Waals surface area (Å²) in [6.45, 7) is 5.42. The number of rotatable bonds is 8. The molecule has 0 aliphatic heterocycles. The lowest BCUT2D eigenvalue weighted by Gasteiger charge is -2.13. The SMILES string of the molecule is COCc1c(Br)c(C)nc(OCC(=O)N/N=C/c2c(C)nn(-c3ccccc3)c2C)c1C#N. The van der Waals surface area contributed by atoms with Crippen LogP contribution in [0.4, 0.5) is 0 Å². The van der Waals surface area contributed by atoms with E-state index in [9.17, 15) is 10.1 Å². The maximum Gasteiger partial charge on any atom is 0.278 e. The van der Waals surface area contributed by atoms with Gasteiger partial charge in [0, 0.05) is 22.7 Å². The Kier molecular flexibility index (Phi) is 7.92. The third kappa shape index (κ3) is 5.45. The number of benzene rings is 1. The van der Waals surface area contributed by atoms with Gasteiger partial charge in [0.2, 0.25) is 5.88 Å². The molecule has 0 spiro atoms. The number of halogens is 1. The van der Waals surface area contributed by atoms with Gasteiger partial charge in [-0.2, -0.15) is 15.5 Å². The number of aromatic nitrogens is 3. The molecule has 0 unspecified atom stereocenters. The van der Waals surface area contributed by atoms with Crippen LogP contribution >= 0.6 is 15.9 Å². The fourth-order valence-electron chi connectivity index (χ4n) is 3.21. The van der Waals surface area contributed by atoms with Gasteiger partial charge in [0.1, 0.15) is 11.6 Å². The van der Waals surface area contributed by atoms with Crippen LogP contribution in [0.1, 0.15) is 33.8 Å². The molecular weight excluding hydrogens is 488 g/mol. The number of amides is 1. The lowest BCUT2D eigenvalue weighted by Crippen LogP contribution is -2.25. The summed E-state index contributed by atoms with van der Waals surface area (Å²) in [7, 11) is 1.53. The molecule has 10 heteroatoms. The molecule has 1 aromatic carbocycles. The molecule has 33 heavy (non-hydrogen) atoms. The van der Waals surface area contributed by atoms with Gasteiger partial charge in [-0.1, -0.05) is 18.2 Å². The Morgan fingerprint density at radius 2 is 2.00 bits per heavy atom. The summed E-state index contributed by atoms with van der Waals surface area (Å²) < 4.78 is 13.2. The first-order chi connectivity index (χ1) is 15.9. The number of carbonyl (C=O) groups is 1. The number of hydrogen-bond donors (Lipinski definition) is 1. The summed E-state index contributed by atoms with van der Waals surface area (Å²) >= 11 is 3.42. The van der Waals surface area contributed by atoms with Gasteiger partial charge in [-0.05, 0) is 48.8 Å². The van der Waals surface area contributed by atoms with E-state index >= 15 is 0 Å². The average Bonchev–Trinajstić information content (AvgIpc) is 3.10. The zero-order valence-corrected chi connectivity index (χ0v) is 20.3. The van der Waals surface area contributed by atoms with Crippen molar-refractivity contribution in [3.05, 3.63) is 68.6 Å². The number of para-hydroxylation sites is 1. The zero-order valence-electron chi connectivity index (χ0n) is 18.7. The smallest absolute Gasteiger partial charge is 0.278 e. The molecule has 1 amide bonds. The summed E-state index contributed by atoms with van der Waals surface area (Å²) in [5.41, 5.74) is 7.30. The van der Waals surface area contributed by atoms with E-state index in [4.69, 9.17) is 9.47 Å². The number of hydrazone groups is 1. The van der Waals surface area contributed by atoms with Gasteiger partial charge in [-0.15, -0.1) is 0 Å². The normalized spacial score (nSPS) is 10.9. The van der Waals surface area contributed by atoms with E-state index in [1.165, 1.54) is 7.11 Å². The molecule has 0 saturated heterocycles. The van der Waals surface area contributed by atoms with Crippen molar-refractivity contribution in [2.24, 2.45) is 5.10 Å². The highest BCUT2D eigenvalue weighted by Crippen LogP contribution is 2.29. The van der Waals surface area contributed by atoms with E-state index in [1.807, 2.05) is 48.9 Å². The van der Waals surface area contributed by atoms with E-state index in [-0.39, 0.29) is 24.7 Å². The van der Waals surface area contributed by atoms with Gasteiger partial charge in [0.05, 0.1) is 35.6 Å². The summed E-state index contributed by atoms with van der Waals surface area (Å²) in [5.74, 6) is -0.420. The largest absolute Gasteiger partial charge is 0.467 e. The van der Waals surface area contributed by atoms with Gasteiger partial charge in [-0.3, -0.25) is 4.79 Å². The molecule has 0 bridgehead atoms. The van der Waals surface area contributed by atoms with Crippen LogP contribution in [0.5, 0.6) is 5.88 Å². The van der Waals surface area contributed by atoms with Gasteiger partial charge in [0.25, 0.3) is 5.91 Å². The number of nitrogens with zero attached hydrogens (tertiary/aromatic N) is 5. The van der Waals surface area contributed by atoms with Gasteiger partial charge >= 0.3 is 0 Å². The predicted octanol–water partition coefficient (Wildman–Crippen LogP) is 3.50. The maximum absolute atomic E-state index is 12.2. The standard InChI is InChI=1S/C23H23BrN6O3/c1-14-19(16(3)30(29-14)17-8-6-5-7-9-17)11-26-28-21(31)13-33-23-18(10-25)20(12-32-4)22(24)15(2)27-23/h5-9,11H,12-13H2,1-4H3,(H,28,31)/b26-11+. The average molecular weight is 511 g/mol. The fourth-order valence-corrected chi connectivity index (χ4v) is 3.61. The molecule has 0 aliphatic carbocycles. The lowest BCUT2D eigenvalue weighted by molar-refractivity contribution is -0.123. The van der Waals surface area contributed by atoms with Crippen molar-refractivity contribution in [3.63, 3.8) is 0 Å². The first kappa shape index (κ1) is 24.1. The van der Waals surface area contributed by atoms with Crippen molar-refractivity contribution in [1.82, 2.24) is 20.2 Å². The minimum absolute atomic E-state index is 0.0696. The Bertz CT molecular complexity index is 1230. The van der Waals surface area contributed by atoms with Crippen LogP contribution in [0.2, 0.25) is 0 Å². The third-order valence-corrected chi connectivity index (χ3v) is 5.89. The van der Waals surface area contributed by atoms with Crippen LogP contribution in [-0.2, 0) is 16.1 Å². The molecule has 9 nitrogen and oxygen atoms in total. The summed E-state index contributed by atoms with van der Waals surface area (Å²) in [5, 5.41) is 18.1. The van der Waals surface area contributed by atoms with Crippen LogP contribution in [0.25, 0.3) is 5.69 Å². The van der Waals surface area contributed by atoms with Gasteiger partial charge in [0.15, 0.2) is 6.61 Å². The Hall–Kier alpha value is -3.55. The molecule has 0 atom stereocenters. The van der Waals surface area contributed by atoms with Crippen LogP contribution < -0.4 is 10.2 Å². The Labute approximate surface area is 200 Å². The van der Waals surface area contributed by atoms with Crippen molar-refractivity contribution in [3.8, 4) is 17.6 Å². The molecule has 0 saturated carbocycles. The maximum atomic E-state index is 12.2. The predicted molar refractivity (Wildman–Crippen MR) is 126 cm³/mol. The summed E-state index contributed by atoms with van der Waals surface area (Å²) in [6, 6.07) is 11.8. The topological polar surface area (TPSA) is 114 Å². The molecule has 3 aromatic rings. The Morgan fingerprint density at radius 1 is 1.27 bits per heavy atom. The molecule has 3 rings (SSSR count). The summed E-state index contributed by atoms with van der Waals surface area (Å²) in [6.07, 6.45) is 1.55. The highest BCUT2D eigenvalue weighted by Gasteiger charge is 2.18. The number of nitriles is 1. The van der Waals surface area contributed by atoms with E-state index < -0.39 is 5.91 Å². The number of aryl methyl sites for hydroxylation is 2. The molecule has 0 radical (unpaired) electrons. The highest BCUT2D eigenvalue weighted by molar-refractivity contribution is 9.10. The summed E-state index contributed by atoms with van der Waals surface area (Å²) in [4.78, 5) is 16.5. The minimum Gasteiger partial charge on any atom is -0.467 e. The Balaban J connectivity index is 1.68. The van der Waals surface area contributed by atoms with Crippen LogP contribution in [0.15, 0.2) is 39.9 Å². The minimum atomic E-state index is -0.489. The fraction of sp³-hybridized carbons (Fsp3) is 0.261. The molecule has 2 aromatic heterocycles. The molecule has 2 heterocycles. The van der Waals surface area contributed by atoms with E-state index in [0.717, 1.165) is 22.6 Å². The highest BCUT2D eigenvalue weighted by atomic mass is 79.9. The van der Waals surface area contributed by atoms with Crippen molar-refractivity contribution in [1.29, 1.82) is 5.26 Å². The number of methoxy groups -OCH3 is 1. The second-order valence-electron chi connectivity index (χ2n) is 7.13. The number of carbonyl (C=O) groups excluding carboxylic acids is 1.